The number of carbonyl (C=O) groups is 2. The Balaban J connectivity index is 1.79. The molecule has 0 aromatic heterocycles. The molecule has 19 heavy (non-hydrogen) atoms. The number of halogens is 1. The third-order valence-corrected chi connectivity index (χ3v) is 2.88. The summed E-state index contributed by atoms with van der Waals surface area (Å²) in [5, 5.41) is 14.5. The van der Waals surface area contributed by atoms with E-state index < -0.39 is 17.5 Å². The zero-order valence-electron chi connectivity index (χ0n) is 10.3. The Kier molecular flexibility index (Phi) is 3.99. The highest BCUT2D eigenvalue weighted by atomic mass is 19.1. The van der Waals surface area contributed by atoms with E-state index in [-0.39, 0.29) is 30.5 Å². The van der Waals surface area contributed by atoms with Crippen molar-refractivity contribution in [3.05, 3.63) is 29.6 Å². The molecule has 1 fully saturated rings. The van der Waals surface area contributed by atoms with Crippen LogP contribution in [0.2, 0.25) is 0 Å². The molecule has 1 aromatic carbocycles. The van der Waals surface area contributed by atoms with E-state index in [2.05, 4.69) is 10.6 Å². The molecule has 5 nitrogen and oxygen atoms in total. The van der Waals surface area contributed by atoms with Crippen molar-refractivity contribution in [3.8, 4) is 5.75 Å². The largest absolute Gasteiger partial charge is 0.507 e. The van der Waals surface area contributed by atoms with Crippen molar-refractivity contribution >= 4 is 11.8 Å². The molecule has 2 amide bonds. The van der Waals surface area contributed by atoms with E-state index in [0.29, 0.717) is 0 Å². The fourth-order valence-electron chi connectivity index (χ4n) is 1.68. The van der Waals surface area contributed by atoms with Crippen LogP contribution in [0.4, 0.5) is 4.39 Å². The summed E-state index contributed by atoms with van der Waals surface area (Å²) in [6, 6.07) is 3.66. The highest BCUT2D eigenvalue weighted by Gasteiger charge is 2.29. The summed E-state index contributed by atoms with van der Waals surface area (Å²) < 4.78 is 13.4. The molecular weight excluding hydrogens is 251 g/mol. The Labute approximate surface area is 109 Å². The fourth-order valence-corrected chi connectivity index (χ4v) is 1.68. The van der Waals surface area contributed by atoms with Gasteiger partial charge in [0.2, 0.25) is 5.91 Å². The number of phenols is 1. The van der Waals surface area contributed by atoms with E-state index >= 15 is 0 Å². The van der Waals surface area contributed by atoms with Crippen molar-refractivity contribution in [1.82, 2.24) is 10.6 Å². The van der Waals surface area contributed by atoms with Gasteiger partial charge in [-0.15, -0.1) is 0 Å². The summed E-state index contributed by atoms with van der Waals surface area (Å²) in [7, 11) is 0. The molecule has 1 saturated carbocycles. The molecular formula is C13H15FN2O3. The quantitative estimate of drug-likeness (QED) is 0.689. The number of amides is 2. The third-order valence-electron chi connectivity index (χ3n) is 2.88. The van der Waals surface area contributed by atoms with Gasteiger partial charge in [0.05, 0.1) is 0 Å². The average molecular weight is 266 g/mol. The molecule has 2 rings (SSSR count). The van der Waals surface area contributed by atoms with E-state index in [9.17, 15) is 19.1 Å². The second kappa shape index (κ2) is 5.69. The van der Waals surface area contributed by atoms with Gasteiger partial charge in [0.1, 0.15) is 17.1 Å². The van der Waals surface area contributed by atoms with Crippen molar-refractivity contribution in [2.75, 3.05) is 13.1 Å². The molecule has 3 N–H and O–H groups in total. The lowest BCUT2D eigenvalue weighted by Crippen LogP contribution is -2.35. The third kappa shape index (κ3) is 3.43. The van der Waals surface area contributed by atoms with Gasteiger partial charge in [0.15, 0.2) is 0 Å². The van der Waals surface area contributed by atoms with Crippen LogP contribution >= 0.6 is 0 Å². The van der Waals surface area contributed by atoms with Crippen LogP contribution in [-0.4, -0.2) is 30.0 Å². The standard InChI is InChI=1S/C13H15FN2O3/c14-9-2-1-3-10(17)11(9)13(19)16-7-6-15-12(18)8-4-5-8/h1-3,8,17H,4-7H2,(H,15,18)(H,16,19). The number of nitrogens with one attached hydrogen (secondary N) is 2. The Morgan fingerprint density at radius 2 is 1.95 bits per heavy atom. The number of aromatic hydroxyl groups is 1. The molecule has 0 radical (unpaired) electrons. The van der Waals surface area contributed by atoms with Crippen LogP contribution in [0, 0.1) is 11.7 Å². The van der Waals surface area contributed by atoms with E-state index in [1.165, 1.54) is 12.1 Å². The monoisotopic (exact) mass is 266 g/mol. The van der Waals surface area contributed by atoms with Gasteiger partial charge in [-0.05, 0) is 25.0 Å². The van der Waals surface area contributed by atoms with Gasteiger partial charge in [-0.3, -0.25) is 9.59 Å². The summed E-state index contributed by atoms with van der Waals surface area (Å²) in [4.78, 5) is 23.0. The van der Waals surface area contributed by atoms with Crippen molar-refractivity contribution in [3.63, 3.8) is 0 Å². The summed E-state index contributed by atoms with van der Waals surface area (Å²) in [5.74, 6) is -1.77. The van der Waals surface area contributed by atoms with Gasteiger partial charge in [-0.25, -0.2) is 4.39 Å². The normalized spacial score (nSPS) is 13.9. The maximum Gasteiger partial charge on any atom is 0.258 e. The number of phenolic OH excluding ortho intramolecular Hbond substituents is 1. The highest BCUT2D eigenvalue weighted by Crippen LogP contribution is 2.28. The smallest absolute Gasteiger partial charge is 0.258 e. The second-order valence-electron chi connectivity index (χ2n) is 4.46. The molecule has 102 valence electrons. The second-order valence-corrected chi connectivity index (χ2v) is 4.46. The number of carbonyl (C=O) groups excluding carboxylic acids is 2. The first-order valence-electron chi connectivity index (χ1n) is 6.13. The molecule has 1 aliphatic carbocycles. The summed E-state index contributed by atoms with van der Waals surface area (Å²) >= 11 is 0. The molecule has 6 heteroatoms. The zero-order valence-corrected chi connectivity index (χ0v) is 10.3. The molecule has 0 bridgehead atoms. The van der Waals surface area contributed by atoms with Crippen LogP contribution in [0.15, 0.2) is 18.2 Å². The number of rotatable bonds is 5. The lowest BCUT2D eigenvalue weighted by Gasteiger charge is -2.08. The molecule has 0 saturated heterocycles. The van der Waals surface area contributed by atoms with Gasteiger partial charge in [0.25, 0.3) is 5.91 Å². The predicted octanol–water partition coefficient (Wildman–Crippen LogP) is 0.787. The van der Waals surface area contributed by atoms with Crippen LogP contribution in [0.3, 0.4) is 0 Å². The fraction of sp³-hybridized carbons (Fsp3) is 0.385. The van der Waals surface area contributed by atoms with Crippen molar-refractivity contribution in [2.24, 2.45) is 5.92 Å². The molecule has 0 atom stereocenters. The molecule has 1 aromatic rings. The van der Waals surface area contributed by atoms with Crippen LogP contribution in [0.5, 0.6) is 5.75 Å². The topological polar surface area (TPSA) is 78.4 Å². The van der Waals surface area contributed by atoms with Crippen molar-refractivity contribution in [2.45, 2.75) is 12.8 Å². The minimum Gasteiger partial charge on any atom is -0.507 e. The minimum absolute atomic E-state index is 0.0111. The van der Waals surface area contributed by atoms with Gasteiger partial charge < -0.3 is 15.7 Å². The Hall–Kier alpha value is -2.11. The maximum atomic E-state index is 13.4. The lowest BCUT2D eigenvalue weighted by molar-refractivity contribution is -0.122. The van der Waals surface area contributed by atoms with E-state index in [1.54, 1.807) is 0 Å². The summed E-state index contributed by atoms with van der Waals surface area (Å²) in [6.07, 6.45) is 1.84. The summed E-state index contributed by atoms with van der Waals surface area (Å²) in [6.45, 7) is 0.474. The zero-order chi connectivity index (χ0) is 13.8. The van der Waals surface area contributed by atoms with E-state index in [4.69, 9.17) is 0 Å². The van der Waals surface area contributed by atoms with E-state index in [1.807, 2.05) is 0 Å². The SMILES string of the molecule is O=C(NCCNC(=O)C1CC1)c1c(O)cccc1F. The average Bonchev–Trinajstić information content (AvgIpc) is 3.18. The van der Waals surface area contributed by atoms with Gasteiger partial charge in [-0.2, -0.15) is 0 Å². The van der Waals surface area contributed by atoms with Crippen LogP contribution < -0.4 is 10.6 Å². The first-order chi connectivity index (χ1) is 9.09. The Morgan fingerprint density at radius 3 is 2.58 bits per heavy atom. The number of benzene rings is 1. The molecule has 0 unspecified atom stereocenters. The van der Waals surface area contributed by atoms with Crippen molar-refractivity contribution < 1.29 is 19.1 Å². The van der Waals surface area contributed by atoms with Crippen molar-refractivity contribution in [1.29, 1.82) is 0 Å². The van der Waals surface area contributed by atoms with Gasteiger partial charge in [0, 0.05) is 19.0 Å². The minimum atomic E-state index is -0.778. The predicted molar refractivity (Wildman–Crippen MR) is 66.1 cm³/mol. The maximum absolute atomic E-state index is 13.4. The highest BCUT2D eigenvalue weighted by molar-refractivity contribution is 5.97. The van der Waals surface area contributed by atoms with Crippen LogP contribution in [0.1, 0.15) is 23.2 Å². The lowest BCUT2D eigenvalue weighted by atomic mass is 10.1. The van der Waals surface area contributed by atoms with E-state index in [0.717, 1.165) is 18.9 Å². The molecule has 0 heterocycles. The summed E-state index contributed by atoms with van der Waals surface area (Å²) in [5.41, 5.74) is -0.379. The van der Waals surface area contributed by atoms with Crippen LogP contribution in [-0.2, 0) is 4.79 Å². The van der Waals surface area contributed by atoms with Gasteiger partial charge >= 0.3 is 0 Å². The Morgan fingerprint density at radius 1 is 1.26 bits per heavy atom. The molecule has 0 aliphatic heterocycles. The Bertz CT molecular complexity index is 480. The first kappa shape index (κ1) is 13.3. The number of hydrogen-bond donors (Lipinski definition) is 3. The van der Waals surface area contributed by atoms with Gasteiger partial charge in [-0.1, -0.05) is 6.07 Å². The molecule has 0 spiro atoms. The first-order valence-corrected chi connectivity index (χ1v) is 6.13. The molecule has 1 aliphatic rings. The number of hydrogen-bond acceptors (Lipinski definition) is 3. The van der Waals surface area contributed by atoms with Crippen LogP contribution in [0.25, 0.3) is 0 Å².